The Morgan fingerprint density at radius 2 is 0.962 bits per heavy atom. The molecular weight excluding hydrogens is 629 g/mol. The van der Waals surface area contributed by atoms with Crippen LogP contribution in [0.3, 0.4) is 0 Å². The fraction of sp³-hybridized carbons (Fsp3) is 0.0588. The Hall–Kier alpha value is -6.44. The summed E-state index contributed by atoms with van der Waals surface area (Å²) in [4.78, 5) is 0. The summed E-state index contributed by atoms with van der Waals surface area (Å²) in [5.41, 5.74) is -7.50. The second kappa shape index (κ2) is 10.8. The van der Waals surface area contributed by atoms with Crippen molar-refractivity contribution in [2.45, 2.75) is 19.3 Å². The van der Waals surface area contributed by atoms with E-state index in [-0.39, 0.29) is 22.3 Å². The van der Waals surface area contributed by atoms with Crippen molar-refractivity contribution in [2.24, 2.45) is 0 Å². The van der Waals surface area contributed by atoms with Crippen molar-refractivity contribution in [3.05, 3.63) is 180 Å². The summed E-state index contributed by atoms with van der Waals surface area (Å²) in [5, 5.41) is -4.91. The number of furan rings is 1. The van der Waals surface area contributed by atoms with Crippen molar-refractivity contribution in [1.29, 1.82) is 0 Å². The summed E-state index contributed by atoms with van der Waals surface area (Å²) >= 11 is 0. The molecule has 1 aromatic heterocycles. The van der Waals surface area contributed by atoms with Crippen molar-refractivity contribution in [1.82, 2.24) is 0 Å². The Labute approximate surface area is 341 Å². The van der Waals surface area contributed by atoms with Gasteiger partial charge in [0.05, 0.1) is 38.4 Å². The van der Waals surface area contributed by atoms with E-state index in [0.29, 0.717) is 0 Å². The minimum Gasteiger partial charge on any atom is -0.455 e. The Kier molecular flexibility index (Phi) is 2.69. The van der Waals surface area contributed by atoms with E-state index in [9.17, 15) is 15.1 Å². The predicted molar refractivity (Wildman–Crippen MR) is 220 cm³/mol. The third kappa shape index (κ3) is 3.99. The lowest BCUT2D eigenvalue weighted by molar-refractivity contribution is 0.660. The smallest absolute Gasteiger partial charge is 0.143 e. The van der Waals surface area contributed by atoms with Crippen LogP contribution in [0.1, 0.15) is 63.4 Å². The van der Waals surface area contributed by atoms with Crippen molar-refractivity contribution < 1.29 is 42.8 Å². The monoisotopic (exact) mass is 690 g/mol. The van der Waals surface area contributed by atoms with Crippen LogP contribution in [0.5, 0.6) is 0 Å². The van der Waals surface area contributed by atoms with E-state index in [2.05, 4.69) is 0 Å². The Bertz CT molecular complexity index is 4600. The van der Waals surface area contributed by atoms with Gasteiger partial charge in [-0.15, -0.1) is 0 Å². The van der Waals surface area contributed by atoms with E-state index < -0.39 is 262 Å². The van der Waals surface area contributed by atoms with Gasteiger partial charge >= 0.3 is 0 Å². The number of benzene rings is 9. The maximum absolute atomic E-state index is 9.80. The first-order chi connectivity index (χ1) is 37.2. The van der Waals surface area contributed by atoms with Crippen LogP contribution >= 0.6 is 0 Å². The first-order valence-corrected chi connectivity index (χ1v) is 15.9. The zero-order chi connectivity index (χ0) is 58.9. The molecule has 0 atom stereocenters. The van der Waals surface area contributed by atoms with Crippen LogP contribution in [0.2, 0.25) is 0 Å². The lowest BCUT2D eigenvalue weighted by Crippen LogP contribution is -2.14. The first-order valence-electron chi connectivity index (χ1n) is 29.9. The van der Waals surface area contributed by atoms with E-state index in [1.165, 1.54) is 13.8 Å². The fourth-order valence-electron chi connectivity index (χ4n) is 7.25. The van der Waals surface area contributed by atoms with E-state index in [4.69, 9.17) is 27.7 Å². The van der Waals surface area contributed by atoms with E-state index >= 15 is 0 Å². The predicted octanol–water partition coefficient (Wildman–Crippen LogP) is 14.4. The molecule has 0 saturated carbocycles. The second-order valence-corrected chi connectivity index (χ2v) is 12.6. The Morgan fingerprint density at radius 1 is 0.404 bits per heavy atom. The van der Waals surface area contributed by atoms with Gasteiger partial charge in [-0.3, -0.25) is 0 Å². The average Bonchev–Trinajstić information content (AvgIpc) is 3.95. The van der Waals surface area contributed by atoms with Crippen LogP contribution in [0.15, 0.2) is 174 Å². The molecule has 0 unspecified atom stereocenters. The minimum absolute atomic E-state index is 0.0434. The molecule has 0 spiro atoms. The van der Waals surface area contributed by atoms with Crippen LogP contribution in [0, 0.1) is 0 Å². The first kappa shape index (κ1) is 13.0. The zero-order valence-electron chi connectivity index (χ0n) is 54.9. The molecule has 9 aromatic carbocycles. The lowest BCUT2D eigenvalue weighted by Gasteiger charge is -2.21. The molecule has 52 heavy (non-hydrogen) atoms. The SMILES string of the molecule is [2H]c1c([2H])c([2H])c2c(c1[2H])-c1c(-c3c([2H])c([2H])c(-c4c5c([2H])c([2H])c([2H])c([2H])c5c(-c5c([2H])c([2H])c([2H])c6oc7c8c([2H])c([2H])c([2H])c([2H])c8c([2H])c([2H])c7c56)c5c([2H])c([2H])c([2H])c([2H])c45)c([2H])c3[2H])c([2H])c([2H])c([2H])c1C2(C)C. The minimum atomic E-state index is -1.48. The lowest BCUT2D eigenvalue weighted by atomic mass is 9.82. The van der Waals surface area contributed by atoms with Crippen LogP contribution in [0.4, 0.5) is 0 Å². The highest BCUT2D eigenvalue weighted by Crippen LogP contribution is 2.52. The third-order valence-electron chi connectivity index (χ3n) is 9.56. The molecule has 0 aliphatic heterocycles. The zero-order valence-corrected chi connectivity index (χ0v) is 26.9. The normalized spacial score (nSPS) is 20.9. The molecular formula is C51H34O. The largest absolute Gasteiger partial charge is 0.455 e. The van der Waals surface area contributed by atoms with Gasteiger partial charge in [-0.25, -0.2) is 0 Å². The highest BCUT2D eigenvalue weighted by molar-refractivity contribution is 6.27. The van der Waals surface area contributed by atoms with E-state index in [0.717, 1.165) is 0 Å². The van der Waals surface area contributed by atoms with Gasteiger partial charge in [0.1, 0.15) is 11.2 Å². The molecule has 0 radical (unpaired) electrons. The number of fused-ring (bicyclic) bond motifs is 10. The average molecular weight is 691 g/mol. The van der Waals surface area contributed by atoms with Gasteiger partial charge < -0.3 is 4.42 Å². The fourth-order valence-corrected chi connectivity index (χ4v) is 7.25. The maximum atomic E-state index is 9.80. The number of hydrogen-bond donors (Lipinski definition) is 0. The van der Waals surface area contributed by atoms with Gasteiger partial charge in [-0.2, -0.15) is 0 Å². The molecule has 1 aliphatic rings. The van der Waals surface area contributed by atoms with Crippen LogP contribution in [0.25, 0.3) is 98.8 Å². The highest BCUT2D eigenvalue weighted by atomic mass is 16.3. The summed E-state index contributed by atoms with van der Waals surface area (Å²) in [6, 6.07) is -24.2. The Balaban J connectivity index is 1.38. The molecule has 10 aromatic rings. The molecule has 0 amide bonds. The molecule has 11 rings (SSSR count). The summed E-state index contributed by atoms with van der Waals surface area (Å²) in [5.74, 6) is 0. The van der Waals surface area contributed by atoms with E-state index in [1.54, 1.807) is 0 Å². The molecule has 1 aliphatic carbocycles. The molecule has 0 bridgehead atoms. The molecule has 244 valence electrons. The van der Waals surface area contributed by atoms with Crippen LogP contribution in [-0.2, 0) is 5.41 Å². The van der Waals surface area contributed by atoms with Crippen molar-refractivity contribution in [2.75, 3.05) is 0 Å². The molecule has 0 fully saturated rings. The Morgan fingerprint density at radius 3 is 1.71 bits per heavy atom. The summed E-state index contributed by atoms with van der Waals surface area (Å²) < 4.78 is 262. The summed E-state index contributed by atoms with van der Waals surface area (Å²) in [7, 11) is 0. The van der Waals surface area contributed by atoms with Crippen molar-refractivity contribution >= 4 is 54.3 Å². The van der Waals surface area contributed by atoms with Crippen molar-refractivity contribution in [3.63, 3.8) is 0 Å². The van der Waals surface area contributed by atoms with Crippen LogP contribution in [-0.4, -0.2) is 0 Å². The summed E-state index contributed by atoms with van der Waals surface area (Å²) in [6.07, 6.45) is 0. The highest BCUT2D eigenvalue weighted by Gasteiger charge is 2.36. The van der Waals surface area contributed by atoms with Gasteiger partial charge in [0.25, 0.3) is 0 Å². The van der Waals surface area contributed by atoms with Crippen LogP contribution < -0.4 is 0 Å². The van der Waals surface area contributed by atoms with Gasteiger partial charge in [0, 0.05) is 21.6 Å². The van der Waals surface area contributed by atoms with Gasteiger partial charge in [-0.05, 0) is 94.7 Å². The molecule has 1 nitrogen and oxygen atoms in total. The number of rotatable bonds is 3. The number of hydrogen-bond acceptors (Lipinski definition) is 1. The van der Waals surface area contributed by atoms with E-state index in [1.807, 2.05) is 0 Å². The van der Waals surface area contributed by atoms with Gasteiger partial charge in [-0.1, -0.05) is 171 Å². The van der Waals surface area contributed by atoms with Gasteiger partial charge in [0.15, 0.2) is 0 Å². The second-order valence-electron chi connectivity index (χ2n) is 12.6. The van der Waals surface area contributed by atoms with Gasteiger partial charge in [0.2, 0.25) is 0 Å². The molecule has 1 heterocycles. The molecule has 1 heteroatoms. The molecule has 0 N–H and O–H groups in total. The topological polar surface area (TPSA) is 13.1 Å². The standard InChI is InChI=1S/C51H34O/c1-51(2)43-22-10-9-19-40(43)48-34(20-11-23-44(48)51)32-25-27-33(28-26-32)46-36-15-5-7-17-38(36)47(39-18-8-6-16-37(39)46)41-21-12-24-45-49(41)42-30-29-31-13-3-4-14-35(31)50(42)52-45/h3-30H,1-2H3/i3D,4D,5D,6D,7D,8D,9D,10D,11D,12D,13D,14D,15D,16D,17D,18D,19D,20D,21D,22D,23D,24D,25D,26D,27D,28D,29D,30D. The maximum Gasteiger partial charge on any atom is 0.143 e. The van der Waals surface area contributed by atoms with Crippen molar-refractivity contribution in [3.8, 4) is 44.5 Å². The quantitative estimate of drug-likeness (QED) is 0.168. The third-order valence-corrected chi connectivity index (χ3v) is 9.56. The summed E-state index contributed by atoms with van der Waals surface area (Å²) in [6.45, 7) is 3.04. The molecule has 0 saturated heterocycles.